The average molecular weight is 421 g/mol. The molecule has 0 aliphatic heterocycles. The van der Waals surface area contributed by atoms with E-state index in [2.05, 4.69) is 45.0 Å². The molecule has 0 saturated carbocycles. The van der Waals surface area contributed by atoms with Crippen LogP contribution in [-0.4, -0.2) is 20.4 Å². The maximum absolute atomic E-state index is 12.2. The second-order valence-corrected chi connectivity index (χ2v) is 8.42. The molecule has 5 nitrogen and oxygen atoms in total. The van der Waals surface area contributed by atoms with E-state index in [-0.39, 0.29) is 12.3 Å². The zero-order chi connectivity index (χ0) is 20.1. The molecule has 4 rings (SSSR count). The van der Waals surface area contributed by atoms with Gasteiger partial charge >= 0.3 is 0 Å². The van der Waals surface area contributed by atoms with Crippen LogP contribution in [0.2, 0.25) is 0 Å². The molecule has 1 amide bonds. The summed E-state index contributed by atoms with van der Waals surface area (Å²) in [7, 11) is 0. The Labute approximate surface area is 177 Å². The van der Waals surface area contributed by atoms with Gasteiger partial charge in [-0.1, -0.05) is 42.1 Å². The highest BCUT2D eigenvalue weighted by Crippen LogP contribution is 2.25. The first kappa shape index (κ1) is 19.4. The number of thioether (sulfide) groups is 1. The van der Waals surface area contributed by atoms with Gasteiger partial charge in [-0.25, -0.2) is 9.97 Å². The molecular formula is C22H20N4OS2. The summed E-state index contributed by atoms with van der Waals surface area (Å²) < 4.78 is 2.08. The van der Waals surface area contributed by atoms with Gasteiger partial charge in [-0.05, 0) is 36.8 Å². The Hall–Kier alpha value is -2.90. The monoisotopic (exact) mass is 420 g/mol. The molecule has 0 bridgehead atoms. The minimum absolute atomic E-state index is 0.0558. The van der Waals surface area contributed by atoms with E-state index in [0.29, 0.717) is 5.75 Å². The lowest BCUT2D eigenvalue weighted by Crippen LogP contribution is -2.14. The number of thiazole rings is 1. The zero-order valence-electron chi connectivity index (χ0n) is 15.9. The van der Waals surface area contributed by atoms with E-state index < -0.39 is 0 Å². The van der Waals surface area contributed by atoms with E-state index in [1.807, 2.05) is 54.2 Å². The fourth-order valence-corrected chi connectivity index (χ4v) is 4.63. The fourth-order valence-electron chi connectivity index (χ4n) is 2.87. The topological polar surface area (TPSA) is 59.8 Å². The van der Waals surface area contributed by atoms with Crippen molar-refractivity contribution in [3.63, 3.8) is 0 Å². The summed E-state index contributed by atoms with van der Waals surface area (Å²) in [5.74, 6) is 0.652. The van der Waals surface area contributed by atoms with Crippen LogP contribution in [0.25, 0.3) is 5.69 Å². The zero-order valence-corrected chi connectivity index (χ0v) is 17.5. The van der Waals surface area contributed by atoms with E-state index in [4.69, 9.17) is 0 Å². The Balaban J connectivity index is 1.36. The third kappa shape index (κ3) is 5.13. The fraction of sp³-hybridized carbons (Fsp3) is 0.136. The molecule has 0 unspecified atom stereocenters. The Morgan fingerprint density at radius 1 is 1.17 bits per heavy atom. The standard InChI is InChI=1S/C22H20N4OS2/c1-16-6-5-9-19(12-16)26-11-10-23-22(26)29-15-18-14-28-21(25-18)13-20(27)24-17-7-3-2-4-8-17/h2-12,14H,13,15H2,1H3,(H,24,27). The number of para-hydroxylation sites is 1. The lowest BCUT2D eigenvalue weighted by atomic mass is 10.2. The van der Waals surface area contributed by atoms with Crippen molar-refractivity contribution >= 4 is 34.7 Å². The summed E-state index contributed by atoms with van der Waals surface area (Å²) >= 11 is 3.15. The van der Waals surface area contributed by atoms with Gasteiger partial charge in [0, 0.05) is 34.9 Å². The molecule has 0 aliphatic rings. The van der Waals surface area contributed by atoms with E-state index in [1.54, 1.807) is 11.8 Å². The number of hydrogen-bond acceptors (Lipinski definition) is 5. The first-order chi connectivity index (χ1) is 14.2. The van der Waals surface area contributed by atoms with Crippen LogP contribution >= 0.6 is 23.1 Å². The summed E-state index contributed by atoms with van der Waals surface area (Å²) in [6.45, 7) is 2.08. The molecule has 0 fully saturated rings. The molecule has 0 radical (unpaired) electrons. The smallest absolute Gasteiger partial charge is 0.231 e. The summed E-state index contributed by atoms with van der Waals surface area (Å²) in [6, 6.07) is 17.8. The third-order valence-corrected chi connectivity index (χ3v) is 6.10. The van der Waals surface area contributed by atoms with Crippen LogP contribution in [0.1, 0.15) is 16.3 Å². The number of aromatic nitrogens is 3. The quantitative estimate of drug-likeness (QED) is 0.422. The van der Waals surface area contributed by atoms with Gasteiger partial charge in [-0.2, -0.15) is 0 Å². The molecule has 2 heterocycles. The van der Waals surface area contributed by atoms with Gasteiger partial charge in [0.05, 0.1) is 12.1 Å². The van der Waals surface area contributed by atoms with Gasteiger partial charge in [0.25, 0.3) is 0 Å². The molecule has 0 saturated heterocycles. The van der Waals surface area contributed by atoms with Crippen molar-refractivity contribution in [2.75, 3.05) is 5.32 Å². The first-order valence-electron chi connectivity index (χ1n) is 9.19. The molecule has 2 aromatic carbocycles. The molecule has 146 valence electrons. The number of nitrogens with zero attached hydrogens (tertiary/aromatic N) is 3. The minimum Gasteiger partial charge on any atom is -0.326 e. The van der Waals surface area contributed by atoms with Crippen molar-refractivity contribution in [3.05, 3.63) is 88.6 Å². The number of aryl methyl sites for hydroxylation is 1. The van der Waals surface area contributed by atoms with Crippen molar-refractivity contribution in [1.29, 1.82) is 0 Å². The number of benzene rings is 2. The predicted octanol–water partition coefficient (Wildman–Crippen LogP) is 5.11. The molecule has 2 aromatic heterocycles. The predicted molar refractivity (Wildman–Crippen MR) is 119 cm³/mol. The molecule has 0 atom stereocenters. The first-order valence-corrected chi connectivity index (χ1v) is 11.1. The molecular weight excluding hydrogens is 400 g/mol. The number of carbonyl (C=O) groups is 1. The van der Waals surface area contributed by atoms with Crippen LogP contribution in [0.3, 0.4) is 0 Å². The third-order valence-electron chi connectivity index (χ3n) is 4.20. The number of imidazole rings is 1. The normalized spacial score (nSPS) is 10.8. The average Bonchev–Trinajstić information content (AvgIpc) is 3.36. The van der Waals surface area contributed by atoms with E-state index in [1.165, 1.54) is 16.9 Å². The summed E-state index contributed by atoms with van der Waals surface area (Å²) in [5.41, 5.74) is 4.07. The number of carbonyl (C=O) groups excluding carboxylic acids is 1. The molecule has 1 N–H and O–H groups in total. The van der Waals surface area contributed by atoms with Crippen LogP contribution in [0.5, 0.6) is 0 Å². The van der Waals surface area contributed by atoms with E-state index in [9.17, 15) is 4.79 Å². The van der Waals surface area contributed by atoms with Gasteiger partial charge < -0.3 is 5.32 Å². The van der Waals surface area contributed by atoms with Crippen molar-refractivity contribution in [3.8, 4) is 5.69 Å². The van der Waals surface area contributed by atoms with E-state index >= 15 is 0 Å². The highest BCUT2D eigenvalue weighted by Gasteiger charge is 2.11. The highest BCUT2D eigenvalue weighted by molar-refractivity contribution is 7.98. The number of nitrogens with one attached hydrogen (secondary N) is 1. The number of amides is 1. The van der Waals surface area contributed by atoms with Crippen molar-refractivity contribution < 1.29 is 4.79 Å². The second kappa shape index (κ2) is 9.07. The van der Waals surface area contributed by atoms with Crippen LogP contribution in [0.4, 0.5) is 5.69 Å². The highest BCUT2D eigenvalue weighted by atomic mass is 32.2. The molecule has 29 heavy (non-hydrogen) atoms. The van der Waals surface area contributed by atoms with Crippen molar-refractivity contribution in [2.45, 2.75) is 24.3 Å². The molecule has 0 aliphatic carbocycles. The summed E-state index contributed by atoms with van der Waals surface area (Å²) in [6.07, 6.45) is 4.06. The van der Waals surface area contributed by atoms with Gasteiger partial charge in [-0.3, -0.25) is 9.36 Å². The Morgan fingerprint density at radius 2 is 2.03 bits per heavy atom. The minimum atomic E-state index is -0.0558. The lowest BCUT2D eigenvalue weighted by Gasteiger charge is -2.07. The number of hydrogen-bond donors (Lipinski definition) is 1. The molecule has 4 aromatic rings. The number of anilines is 1. The maximum Gasteiger partial charge on any atom is 0.231 e. The molecule has 7 heteroatoms. The largest absolute Gasteiger partial charge is 0.326 e. The maximum atomic E-state index is 12.2. The van der Waals surface area contributed by atoms with Crippen LogP contribution in [0.15, 0.2) is 77.5 Å². The van der Waals surface area contributed by atoms with Gasteiger partial charge in [0.15, 0.2) is 5.16 Å². The SMILES string of the molecule is Cc1cccc(-n2ccnc2SCc2csc(CC(=O)Nc3ccccc3)n2)c1. The van der Waals surface area contributed by atoms with Crippen LogP contribution in [-0.2, 0) is 17.0 Å². The van der Waals surface area contributed by atoms with Gasteiger partial charge in [-0.15, -0.1) is 11.3 Å². The van der Waals surface area contributed by atoms with Crippen LogP contribution in [0, 0.1) is 6.92 Å². The second-order valence-electron chi connectivity index (χ2n) is 6.53. The summed E-state index contributed by atoms with van der Waals surface area (Å²) in [5, 5.41) is 6.64. The van der Waals surface area contributed by atoms with Gasteiger partial charge in [0.2, 0.25) is 5.91 Å². The Morgan fingerprint density at radius 3 is 2.86 bits per heavy atom. The Bertz CT molecular complexity index is 1100. The van der Waals surface area contributed by atoms with Crippen molar-refractivity contribution in [1.82, 2.24) is 14.5 Å². The number of rotatable bonds is 7. The van der Waals surface area contributed by atoms with E-state index in [0.717, 1.165) is 27.2 Å². The molecule has 0 spiro atoms. The lowest BCUT2D eigenvalue weighted by molar-refractivity contribution is -0.115. The van der Waals surface area contributed by atoms with Gasteiger partial charge in [0.1, 0.15) is 5.01 Å². The summed E-state index contributed by atoms with van der Waals surface area (Å²) in [4.78, 5) is 21.3. The van der Waals surface area contributed by atoms with Crippen LogP contribution < -0.4 is 5.32 Å². The van der Waals surface area contributed by atoms with Crippen molar-refractivity contribution in [2.24, 2.45) is 0 Å². The Kier molecular flexibility index (Phi) is 6.07.